The number of fused-ring (bicyclic) bond motifs is 1. The summed E-state index contributed by atoms with van der Waals surface area (Å²) in [5.74, 6) is 0.0766. The molecule has 128 valence electrons. The van der Waals surface area contributed by atoms with E-state index >= 15 is 0 Å². The van der Waals surface area contributed by atoms with Crippen molar-refractivity contribution in [2.45, 2.75) is 26.3 Å². The number of hydrogen-bond acceptors (Lipinski definition) is 5. The van der Waals surface area contributed by atoms with E-state index in [0.717, 1.165) is 62.7 Å². The molecule has 2 aliphatic heterocycles. The van der Waals surface area contributed by atoms with Crippen molar-refractivity contribution in [1.29, 1.82) is 0 Å². The van der Waals surface area contributed by atoms with Gasteiger partial charge in [0.25, 0.3) is 5.91 Å². The van der Waals surface area contributed by atoms with Gasteiger partial charge in [-0.25, -0.2) is 9.50 Å². The summed E-state index contributed by atoms with van der Waals surface area (Å²) in [4.78, 5) is 21.8. The van der Waals surface area contributed by atoms with Crippen LogP contribution in [0.1, 0.15) is 28.2 Å². The normalized spacial score (nSPS) is 22.4. The molecule has 1 atom stereocenters. The van der Waals surface area contributed by atoms with E-state index in [1.807, 2.05) is 24.8 Å². The molecule has 0 spiro atoms. The molecule has 1 unspecified atom stereocenters. The SMILES string of the molecule is Cc1cc2ncc(C(=O)N3CCC(N4CCNCC4)C3)c(C)n2n1. The van der Waals surface area contributed by atoms with E-state index in [0.29, 0.717) is 11.6 Å². The molecule has 0 radical (unpaired) electrons. The maximum Gasteiger partial charge on any atom is 0.257 e. The molecule has 0 aliphatic carbocycles. The second kappa shape index (κ2) is 6.14. The third kappa shape index (κ3) is 2.67. The molecule has 0 bridgehead atoms. The van der Waals surface area contributed by atoms with Crippen molar-refractivity contribution >= 4 is 11.6 Å². The lowest BCUT2D eigenvalue weighted by Gasteiger charge is -2.32. The summed E-state index contributed by atoms with van der Waals surface area (Å²) in [6.45, 7) is 9.76. The first-order chi connectivity index (χ1) is 11.6. The summed E-state index contributed by atoms with van der Waals surface area (Å²) in [6, 6.07) is 2.41. The smallest absolute Gasteiger partial charge is 0.257 e. The van der Waals surface area contributed by atoms with E-state index in [-0.39, 0.29) is 5.91 Å². The number of carbonyl (C=O) groups is 1. The number of likely N-dealkylation sites (tertiary alicyclic amines) is 1. The molecule has 7 nitrogen and oxygen atoms in total. The Hall–Kier alpha value is -1.99. The highest BCUT2D eigenvalue weighted by molar-refractivity contribution is 5.95. The lowest BCUT2D eigenvalue weighted by molar-refractivity contribution is 0.0771. The molecule has 7 heteroatoms. The van der Waals surface area contributed by atoms with Gasteiger partial charge in [-0.3, -0.25) is 9.69 Å². The van der Waals surface area contributed by atoms with Gasteiger partial charge in [-0.1, -0.05) is 0 Å². The first-order valence-corrected chi connectivity index (χ1v) is 8.69. The highest BCUT2D eigenvalue weighted by atomic mass is 16.2. The molecule has 2 saturated heterocycles. The fourth-order valence-electron chi connectivity index (χ4n) is 3.81. The fourth-order valence-corrected chi connectivity index (χ4v) is 3.81. The van der Waals surface area contributed by atoms with E-state index in [1.54, 1.807) is 10.7 Å². The number of aromatic nitrogens is 3. The van der Waals surface area contributed by atoms with Crippen molar-refractivity contribution in [2.24, 2.45) is 0 Å². The van der Waals surface area contributed by atoms with Gasteiger partial charge in [-0.2, -0.15) is 5.10 Å². The molecular formula is C17H24N6O. The van der Waals surface area contributed by atoms with Crippen molar-refractivity contribution in [3.8, 4) is 0 Å². The van der Waals surface area contributed by atoms with Gasteiger partial charge in [0, 0.05) is 57.6 Å². The zero-order valence-corrected chi connectivity index (χ0v) is 14.3. The van der Waals surface area contributed by atoms with Crippen molar-refractivity contribution in [1.82, 2.24) is 29.7 Å². The summed E-state index contributed by atoms with van der Waals surface area (Å²) in [5.41, 5.74) is 3.23. The standard InChI is InChI=1S/C17H24N6O/c1-12-9-16-19-10-15(13(2)23(16)20-12)17(24)22-6-3-14(11-22)21-7-4-18-5-8-21/h9-10,14,18H,3-8,11H2,1-2H3. The summed E-state index contributed by atoms with van der Waals surface area (Å²) < 4.78 is 1.77. The number of hydrogen-bond donors (Lipinski definition) is 1. The Morgan fingerprint density at radius 1 is 1.25 bits per heavy atom. The highest BCUT2D eigenvalue weighted by Gasteiger charge is 2.32. The van der Waals surface area contributed by atoms with Gasteiger partial charge in [-0.15, -0.1) is 0 Å². The molecule has 4 heterocycles. The summed E-state index contributed by atoms with van der Waals surface area (Å²) >= 11 is 0. The maximum atomic E-state index is 13.0. The van der Waals surface area contributed by atoms with Crippen LogP contribution in [0.15, 0.2) is 12.3 Å². The molecule has 2 aromatic rings. The van der Waals surface area contributed by atoms with Gasteiger partial charge in [0.05, 0.1) is 17.0 Å². The third-order valence-electron chi connectivity index (χ3n) is 5.20. The van der Waals surface area contributed by atoms with E-state index < -0.39 is 0 Å². The van der Waals surface area contributed by atoms with Crippen LogP contribution in [0.5, 0.6) is 0 Å². The van der Waals surface area contributed by atoms with E-state index in [2.05, 4.69) is 20.3 Å². The average molecular weight is 328 g/mol. The van der Waals surface area contributed by atoms with Crippen LogP contribution in [0.4, 0.5) is 0 Å². The second-order valence-corrected chi connectivity index (χ2v) is 6.79. The molecule has 0 aromatic carbocycles. The molecule has 2 fully saturated rings. The van der Waals surface area contributed by atoms with Crippen LogP contribution in [0.3, 0.4) is 0 Å². The van der Waals surface area contributed by atoms with Crippen LogP contribution < -0.4 is 5.32 Å². The number of piperazine rings is 1. The number of amides is 1. The summed E-state index contributed by atoms with van der Waals surface area (Å²) in [6.07, 6.45) is 2.76. The van der Waals surface area contributed by atoms with E-state index in [1.165, 1.54) is 0 Å². The van der Waals surface area contributed by atoms with Crippen LogP contribution in [-0.2, 0) is 0 Å². The number of nitrogens with one attached hydrogen (secondary N) is 1. The maximum absolute atomic E-state index is 13.0. The molecule has 1 N–H and O–H groups in total. The van der Waals surface area contributed by atoms with Crippen molar-refractivity contribution in [2.75, 3.05) is 39.3 Å². The van der Waals surface area contributed by atoms with Crippen molar-refractivity contribution in [3.63, 3.8) is 0 Å². The molecule has 2 aromatic heterocycles. The lowest BCUT2D eigenvalue weighted by Crippen LogP contribution is -2.49. The van der Waals surface area contributed by atoms with Crippen LogP contribution in [-0.4, -0.2) is 75.6 Å². The first-order valence-electron chi connectivity index (χ1n) is 8.69. The summed E-state index contributed by atoms with van der Waals surface area (Å²) in [7, 11) is 0. The Bertz CT molecular complexity index is 764. The number of nitrogens with zero attached hydrogens (tertiary/aromatic N) is 5. The third-order valence-corrected chi connectivity index (χ3v) is 5.20. The van der Waals surface area contributed by atoms with E-state index in [9.17, 15) is 4.79 Å². The molecule has 0 saturated carbocycles. The van der Waals surface area contributed by atoms with Crippen LogP contribution in [0.25, 0.3) is 5.65 Å². The van der Waals surface area contributed by atoms with Gasteiger partial charge in [0.2, 0.25) is 0 Å². The number of carbonyl (C=O) groups excluding carboxylic acids is 1. The molecule has 4 rings (SSSR count). The predicted octanol–water partition coefficient (Wildman–Crippen LogP) is 0.466. The first kappa shape index (κ1) is 15.5. The van der Waals surface area contributed by atoms with Crippen LogP contribution in [0, 0.1) is 13.8 Å². The van der Waals surface area contributed by atoms with Gasteiger partial charge in [0.15, 0.2) is 5.65 Å². The van der Waals surface area contributed by atoms with Crippen molar-refractivity contribution in [3.05, 3.63) is 29.2 Å². The highest BCUT2D eigenvalue weighted by Crippen LogP contribution is 2.20. The second-order valence-electron chi connectivity index (χ2n) is 6.79. The fraction of sp³-hybridized carbons (Fsp3) is 0.588. The van der Waals surface area contributed by atoms with Crippen LogP contribution >= 0.6 is 0 Å². The van der Waals surface area contributed by atoms with Gasteiger partial charge in [0.1, 0.15) is 0 Å². The molecule has 1 amide bonds. The minimum absolute atomic E-state index is 0.0766. The molecule has 24 heavy (non-hydrogen) atoms. The molecular weight excluding hydrogens is 304 g/mol. The average Bonchev–Trinajstić information content (AvgIpc) is 3.22. The van der Waals surface area contributed by atoms with Crippen molar-refractivity contribution < 1.29 is 4.79 Å². The minimum Gasteiger partial charge on any atom is -0.337 e. The Morgan fingerprint density at radius 2 is 2.04 bits per heavy atom. The van der Waals surface area contributed by atoms with Gasteiger partial charge < -0.3 is 10.2 Å². The van der Waals surface area contributed by atoms with Gasteiger partial charge in [-0.05, 0) is 20.3 Å². The largest absolute Gasteiger partial charge is 0.337 e. The monoisotopic (exact) mass is 328 g/mol. The topological polar surface area (TPSA) is 65.8 Å². The predicted molar refractivity (Wildman–Crippen MR) is 91.2 cm³/mol. The summed E-state index contributed by atoms with van der Waals surface area (Å²) in [5, 5.41) is 7.82. The Kier molecular flexibility index (Phi) is 3.97. The Labute approximate surface area is 141 Å². The quantitative estimate of drug-likeness (QED) is 0.868. The minimum atomic E-state index is 0.0766. The zero-order chi connectivity index (χ0) is 16.7. The zero-order valence-electron chi connectivity index (χ0n) is 14.3. The van der Waals surface area contributed by atoms with Crippen LogP contribution in [0.2, 0.25) is 0 Å². The number of aryl methyl sites for hydroxylation is 2. The Morgan fingerprint density at radius 3 is 2.83 bits per heavy atom. The Balaban J connectivity index is 1.53. The van der Waals surface area contributed by atoms with Gasteiger partial charge >= 0.3 is 0 Å². The lowest BCUT2D eigenvalue weighted by atomic mass is 10.2. The number of rotatable bonds is 2. The molecule has 2 aliphatic rings. The van der Waals surface area contributed by atoms with E-state index in [4.69, 9.17) is 0 Å².